The van der Waals surface area contributed by atoms with Gasteiger partial charge < -0.3 is 14.2 Å². The van der Waals surface area contributed by atoms with Gasteiger partial charge >= 0.3 is 11.9 Å². The first-order valence-corrected chi connectivity index (χ1v) is 8.19. The van der Waals surface area contributed by atoms with Gasteiger partial charge in [0.1, 0.15) is 5.41 Å². The number of ketones is 1. The zero-order valence-corrected chi connectivity index (χ0v) is 14.3. The molecule has 5 atom stereocenters. The molecule has 0 amide bonds. The van der Waals surface area contributed by atoms with E-state index in [0.717, 1.165) is 6.42 Å². The van der Waals surface area contributed by atoms with Gasteiger partial charge in [-0.05, 0) is 31.1 Å². The van der Waals surface area contributed by atoms with Gasteiger partial charge in [0.05, 0.1) is 26.7 Å². The maximum atomic E-state index is 12.9. The lowest BCUT2D eigenvalue weighted by Crippen LogP contribution is -2.54. The Hall–Kier alpha value is -1.92. The molecule has 2 fully saturated rings. The number of carbonyl (C=O) groups is 4. The highest BCUT2D eigenvalue weighted by atomic mass is 16.5. The number of carbonyl (C=O) groups excluding carboxylic acids is 4. The molecule has 2 aliphatic rings. The van der Waals surface area contributed by atoms with Gasteiger partial charge in [-0.3, -0.25) is 19.2 Å². The van der Waals surface area contributed by atoms with Crippen molar-refractivity contribution in [1.82, 2.24) is 0 Å². The number of methoxy groups -OCH3 is 2. The Morgan fingerprint density at radius 1 is 1.21 bits per heavy atom. The minimum absolute atomic E-state index is 0.0330. The Labute approximate surface area is 141 Å². The van der Waals surface area contributed by atoms with E-state index in [4.69, 9.17) is 14.2 Å². The molecule has 0 unspecified atom stereocenters. The summed E-state index contributed by atoms with van der Waals surface area (Å²) in [6.45, 7) is 2.26. The lowest BCUT2D eigenvalue weighted by molar-refractivity contribution is -0.177. The summed E-state index contributed by atoms with van der Waals surface area (Å²) >= 11 is 0. The normalized spacial score (nSPS) is 35.5. The second kappa shape index (κ2) is 7.32. The van der Waals surface area contributed by atoms with Crippen molar-refractivity contribution in [2.45, 2.75) is 32.6 Å². The molecule has 7 nitrogen and oxygen atoms in total. The fraction of sp³-hybridized carbons (Fsp3) is 0.765. The molecule has 2 aliphatic carbocycles. The molecule has 7 heteroatoms. The van der Waals surface area contributed by atoms with Gasteiger partial charge in [0, 0.05) is 12.3 Å². The first kappa shape index (κ1) is 18.4. The van der Waals surface area contributed by atoms with Crippen molar-refractivity contribution in [1.29, 1.82) is 0 Å². The van der Waals surface area contributed by atoms with Crippen LogP contribution in [0.15, 0.2) is 0 Å². The molecule has 0 bridgehead atoms. The third kappa shape index (κ3) is 2.70. The van der Waals surface area contributed by atoms with Crippen LogP contribution in [0.4, 0.5) is 0 Å². The van der Waals surface area contributed by atoms with Crippen LogP contribution in [0.25, 0.3) is 0 Å². The van der Waals surface area contributed by atoms with Crippen LogP contribution in [-0.2, 0) is 33.4 Å². The van der Waals surface area contributed by atoms with Gasteiger partial charge in [-0.25, -0.2) is 0 Å². The van der Waals surface area contributed by atoms with Crippen molar-refractivity contribution in [3.05, 3.63) is 0 Å². The molecule has 0 aromatic rings. The summed E-state index contributed by atoms with van der Waals surface area (Å²) in [5.74, 6) is -3.26. The van der Waals surface area contributed by atoms with Gasteiger partial charge in [-0.1, -0.05) is 6.92 Å². The average molecular weight is 340 g/mol. The smallest absolute Gasteiger partial charge is 0.320 e. The van der Waals surface area contributed by atoms with Gasteiger partial charge in [0.15, 0.2) is 5.78 Å². The second-order valence-corrected chi connectivity index (χ2v) is 6.67. The molecule has 0 heterocycles. The van der Waals surface area contributed by atoms with E-state index < -0.39 is 29.2 Å². The summed E-state index contributed by atoms with van der Waals surface area (Å²) in [4.78, 5) is 48.8. The highest BCUT2D eigenvalue weighted by Gasteiger charge is 2.67. The molecule has 0 N–H and O–H groups in total. The van der Waals surface area contributed by atoms with E-state index in [0.29, 0.717) is 19.3 Å². The van der Waals surface area contributed by atoms with E-state index in [1.165, 1.54) is 14.2 Å². The monoisotopic (exact) mass is 340 g/mol. The van der Waals surface area contributed by atoms with E-state index >= 15 is 0 Å². The molecule has 24 heavy (non-hydrogen) atoms. The van der Waals surface area contributed by atoms with Crippen LogP contribution >= 0.6 is 0 Å². The van der Waals surface area contributed by atoms with Gasteiger partial charge in [0.25, 0.3) is 6.47 Å². The SMILES string of the molecule is COC(=O)[C@H]1[C@H](COC=O)CC[C@H](C)[C@@H]2CCC(=O)[C@@]21C(=O)OC. The summed E-state index contributed by atoms with van der Waals surface area (Å²) in [5.41, 5.74) is -1.55. The van der Waals surface area contributed by atoms with E-state index in [9.17, 15) is 19.2 Å². The van der Waals surface area contributed by atoms with Crippen molar-refractivity contribution in [3.8, 4) is 0 Å². The second-order valence-electron chi connectivity index (χ2n) is 6.67. The van der Waals surface area contributed by atoms with Gasteiger partial charge in [-0.15, -0.1) is 0 Å². The van der Waals surface area contributed by atoms with Crippen LogP contribution in [0, 0.1) is 29.1 Å². The third-order valence-corrected chi connectivity index (χ3v) is 5.73. The number of fused-ring (bicyclic) bond motifs is 1. The Morgan fingerprint density at radius 3 is 2.50 bits per heavy atom. The van der Waals surface area contributed by atoms with Crippen molar-refractivity contribution in [2.75, 3.05) is 20.8 Å². The minimum atomic E-state index is -1.55. The summed E-state index contributed by atoms with van der Waals surface area (Å²) in [6.07, 6.45) is 2.08. The van der Waals surface area contributed by atoms with Crippen molar-refractivity contribution < 1.29 is 33.4 Å². The first-order chi connectivity index (χ1) is 11.4. The number of Topliss-reactive ketones (excluding diaryl/α,β-unsaturated/α-hetero) is 1. The highest BCUT2D eigenvalue weighted by molar-refractivity contribution is 6.09. The Bertz CT molecular complexity index is 529. The quantitative estimate of drug-likeness (QED) is 0.320. The molecule has 2 rings (SSSR count). The van der Waals surface area contributed by atoms with Crippen LogP contribution in [0.1, 0.15) is 32.6 Å². The van der Waals surface area contributed by atoms with Crippen LogP contribution in [-0.4, -0.2) is 45.0 Å². The molecule has 0 saturated heterocycles. The van der Waals surface area contributed by atoms with Crippen LogP contribution in [0.3, 0.4) is 0 Å². The van der Waals surface area contributed by atoms with Gasteiger partial charge in [-0.2, -0.15) is 0 Å². The summed E-state index contributed by atoms with van der Waals surface area (Å²) in [6, 6.07) is 0. The molecule has 0 aromatic carbocycles. The number of esters is 2. The Kier molecular flexibility index (Phi) is 5.62. The largest absolute Gasteiger partial charge is 0.469 e. The fourth-order valence-electron chi connectivity index (χ4n) is 4.69. The number of hydrogen-bond acceptors (Lipinski definition) is 7. The fourth-order valence-corrected chi connectivity index (χ4v) is 4.69. The number of rotatable bonds is 5. The summed E-state index contributed by atoms with van der Waals surface area (Å²) < 4.78 is 14.8. The van der Waals surface area contributed by atoms with Crippen molar-refractivity contribution >= 4 is 24.2 Å². The standard InChI is InChI=1S/C17H24O7/c1-10-4-5-11(8-24-9-18)14(15(20)22-2)17(16(21)23-3)12(10)6-7-13(17)19/h9-12,14H,4-8H2,1-3H3/t10-,11-,12-,14+,17-/m0/s1. The molecule has 0 aromatic heterocycles. The van der Waals surface area contributed by atoms with Crippen LogP contribution in [0.5, 0.6) is 0 Å². The van der Waals surface area contributed by atoms with Crippen molar-refractivity contribution in [3.63, 3.8) is 0 Å². The lowest BCUT2D eigenvalue weighted by atomic mass is 9.62. The van der Waals surface area contributed by atoms with Crippen LogP contribution < -0.4 is 0 Å². The molecule has 0 radical (unpaired) electrons. The minimum Gasteiger partial charge on any atom is -0.469 e. The number of ether oxygens (including phenoxy) is 3. The van der Waals surface area contributed by atoms with E-state index in [-0.39, 0.29) is 30.6 Å². The predicted octanol–water partition coefficient (Wildman–Crippen LogP) is 1.13. The third-order valence-electron chi connectivity index (χ3n) is 5.73. The molecule has 0 spiro atoms. The molecule has 2 saturated carbocycles. The molecular formula is C17H24O7. The zero-order chi connectivity index (χ0) is 17.9. The predicted molar refractivity (Wildman–Crippen MR) is 81.6 cm³/mol. The Balaban J connectivity index is 2.61. The highest BCUT2D eigenvalue weighted by Crippen LogP contribution is 2.56. The molecular weight excluding hydrogens is 316 g/mol. The van der Waals surface area contributed by atoms with Gasteiger partial charge in [0.2, 0.25) is 0 Å². The average Bonchev–Trinajstić information content (AvgIpc) is 2.87. The van der Waals surface area contributed by atoms with E-state index in [1.54, 1.807) is 0 Å². The lowest BCUT2D eigenvalue weighted by Gasteiger charge is -2.39. The van der Waals surface area contributed by atoms with Crippen molar-refractivity contribution in [2.24, 2.45) is 29.1 Å². The first-order valence-electron chi connectivity index (χ1n) is 8.19. The van der Waals surface area contributed by atoms with Crippen LogP contribution in [0.2, 0.25) is 0 Å². The summed E-state index contributed by atoms with van der Waals surface area (Å²) in [7, 11) is 2.45. The zero-order valence-electron chi connectivity index (χ0n) is 14.3. The molecule has 0 aliphatic heterocycles. The topological polar surface area (TPSA) is 96.0 Å². The number of hydrogen-bond donors (Lipinski definition) is 0. The maximum absolute atomic E-state index is 12.9. The summed E-state index contributed by atoms with van der Waals surface area (Å²) in [5, 5.41) is 0. The van der Waals surface area contributed by atoms with E-state index in [1.807, 2.05) is 6.92 Å². The molecule has 134 valence electrons. The maximum Gasteiger partial charge on any atom is 0.320 e. The van der Waals surface area contributed by atoms with E-state index in [2.05, 4.69) is 0 Å². The Morgan fingerprint density at radius 2 is 1.92 bits per heavy atom.